The lowest BCUT2D eigenvalue weighted by molar-refractivity contribution is -0.127. The first-order valence-corrected chi connectivity index (χ1v) is 14.1. The number of nitrogens with zero attached hydrogens (tertiary/aromatic N) is 6. The molecule has 5 rings (SSSR count). The molecule has 0 radical (unpaired) electrons. The predicted octanol–water partition coefficient (Wildman–Crippen LogP) is 5.13. The molecule has 4 aromatic rings. The molecule has 0 spiro atoms. The number of aromatic nitrogens is 4. The number of methoxy groups -OCH3 is 2. The molecule has 0 bridgehead atoms. The van der Waals surface area contributed by atoms with Crippen LogP contribution in [0.1, 0.15) is 24.5 Å². The Hall–Kier alpha value is -3.60. The van der Waals surface area contributed by atoms with Crippen LogP contribution in [0.3, 0.4) is 0 Å². The molecule has 10 nitrogen and oxygen atoms in total. The van der Waals surface area contributed by atoms with Crippen molar-refractivity contribution < 1.29 is 14.3 Å². The first-order valence-electron chi connectivity index (χ1n) is 13.3. The first kappa shape index (κ1) is 28.9. The van der Waals surface area contributed by atoms with Crippen molar-refractivity contribution >= 4 is 51.7 Å². The van der Waals surface area contributed by atoms with Gasteiger partial charge in [0.2, 0.25) is 11.9 Å². The molecule has 1 saturated heterocycles. The van der Waals surface area contributed by atoms with E-state index in [0.29, 0.717) is 63.0 Å². The van der Waals surface area contributed by atoms with E-state index in [-0.39, 0.29) is 11.8 Å². The molecule has 12 heteroatoms. The Morgan fingerprint density at radius 2 is 1.78 bits per heavy atom. The maximum absolute atomic E-state index is 12.7. The first-order chi connectivity index (χ1) is 19.7. The molecule has 0 saturated carbocycles. The number of rotatable bonds is 8. The van der Waals surface area contributed by atoms with Crippen LogP contribution in [0.5, 0.6) is 11.5 Å². The molecule has 0 atom stereocenters. The van der Waals surface area contributed by atoms with Crippen LogP contribution in [0.15, 0.2) is 36.7 Å². The number of imidazole rings is 1. The van der Waals surface area contributed by atoms with Crippen LogP contribution in [0, 0.1) is 0 Å². The minimum atomic E-state index is 0.0427. The van der Waals surface area contributed by atoms with E-state index in [9.17, 15) is 4.79 Å². The number of hydrogen-bond donors (Lipinski definition) is 1. The third-order valence-electron chi connectivity index (χ3n) is 7.31. The summed E-state index contributed by atoms with van der Waals surface area (Å²) in [6.07, 6.45) is 8.94. The van der Waals surface area contributed by atoms with Gasteiger partial charge in [0.25, 0.3) is 0 Å². The highest BCUT2D eigenvalue weighted by Gasteiger charge is 2.27. The number of carbonyl (C=O) groups excluding carboxylic acids is 1. The van der Waals surface area contributed by atoms with Crippen LogP contribution in [-0.4, -0.2) is 90.1 Å². The van der Waals surface area contributed by atoms with Gasteiger partial charge in [-0.1, -0.05) is 29.3 Å². The summed E-state index contributed by atoms with van der Waals surface area (Å²) in [7, 11) is 8.82. The highest BCUT2D eigenvalue weighted by atomic mass is 35.5. The standard InChI is InChI=1S/C29H33Cl2N7O3/c1-32-29-33-15-18-13-19(24-25(30)21(40-4)14-22(41-5)26(24)31)28-34-20(16-38(28)27(18)35-29)17-8-11-37(12-9-17)23(39)7-6-10-36(2)3/h6-7,13-17H,8-12H2,1-5H3,(H,32,33,35)/b7-6+. The van der Waals surface area contributed by atoms with Crippen LogP contribution in [0.25, 0.3) is 27.8 Å². The number of benzene rings is 1. The third-order valence-corrected chi connectivity index (χ3v) is 8.06. The van der Waals surface area contributed by atoms with Gasteiger partial charge in [-0.05, 0) is 33.0 Å². The van der Waals surface area contributed by atoms with Gasteiger partial charge in [0.15, 0.2) is 5.65 Å². The topological polar surface area (TPSA) is 97.1 Å². The van der Waals surface area contributed by atoms with Crippen molar-refractivity contribution in [1.82, 2.24) is 29.2 Å². The van der Waals surface area contributed by atoms with Crippen molar-refractivity contribution in [2.75, 3.05) is 60.3 Å². The van der Waals surface area contributed by atoms with Gasteiger partial charge >= 0.3 is 0 Å². The molecule has 1 N–H and O–H groups in total. The van der Waals surface area contributed by atoms with E-state index in [2.05, 4.69) is 10.3 Å². The zero-order chi connectivity index (χ0) is 29.3. The summed E-state index contributed by atoms with van der Waals surface area (Å²) in [5.41, 5.74) is 3.52. The number of hydrogen-bond acceptors (Lipinski definition) is 8. The molecule has 1 amide bonds. The molecule has 41 heavy (non-hydrogen) atoms. The van der Waals surface area contributed by atoms with Gasteiger partial charge in [0.1, 0.15) is 17.1 Å². The van der Waals surface area contributed by atoms with Crippen LogP contribution >= 0.6 is 23.2 Å². The van der Waals surface area contributed by atoms with Gasteiger partial charge < -0.3 is 24.6 Å². The lowest BCUT2D eigenvalue weighted by Gasteiger charge is -2.30. The van der Waals surface area contributed by atoms with Gasteiger partial charge in [-0.3, -0.25) is 9.20 Å². The second kappa shape index (κ2) is 12.1. The fourth-order valence-corrected chi connectivity index (χ4v) is 5.84. The SMILES string of the molecule is CNc1ncc2cc(-c3c(Cl)c(OC)cc(OC)c3Cl)c3nc(C4CCN(C(=O)/C=C/CN(C)C)CC4)cn3c2n1. The minimum Gasteiger partial charge on any atom is -0.495 e. The Kier molecular flexibility index (Phi) is 8.53. The van der Waals surface area contributed by atoms with E-state index in [1.807, 2.05) is 46.6 Å². The summed E-state index contributed by atoms with van der Waals surface area (Å²) in [6, 6.07) is 3.60. The van der Waals surface area contributed by atoms with Crippen molar-refractivity contribution in [3.8, 4) is 22.6 Å². The van der Waals surface area contributed by atoms with E-state index >= 15 is 0 Å². The fourth-order valence-electron chi connectivity index (χ4n) is 5.14. The van der Waals surface area contributed by atoms with Crippen molar-refractivity contribution in [3.05, 3.63) is 52.4 Å². The normalized spacial score (nSPS) is 14.5. The fraction of sp³-hybridized carbons (Fsp3) is 0.379. The van der Waals surface area contributed by atoms with E-state index in [1.165, 1.54) is 0 Å². The van der Waals surface area contributed by atoms with Crippen LogP contribution < -0.4 is 14.8 Å². The molecule has 216 valence electrons. The maximum atomic E-state index is 12.7. The van der Waals surface area contributed by atoms with Crippen LogP contribution in [-0.2, 0) is 4.79 Å². The number of amides is 1. The second-order valence-electron chi connectivity index (χ2n) is 10.2. The number of nitrogens with one attached hydrogen (secondary N) is 1. The zero-order valence-electron chi connectivity index (χ0n) is 23.7. The van der Waals surface area contributed by atoms with Gasteiger partial charge in [0, 0.05) is 73.6 Å². The molecule has 1 aliphatic heterocycles. The molecule has 3 aromatic heterocycles. The summed E-state index contributed by atoms with van der Waals surface area (Å²) in [5.74, 6) is 1.58. The molecule has 0 aliphatic carbocycles. The van der Waals surface area contributed by atoms with Crippen LogP contribution in [0.2, 0.25) is 10.0 Å². The summed E-state index contributed by atoms with van der Waals surface area (Å²) in [6.45, 7) is 2.05. The Balaban J connectivity index is 1.58. The monoisotopic (exact) mass is 597 g/mol. The number of piperidine rings is 1. The number of anilines is 1. The summed E-state index contributed by atoms with van der Waals surface area (Å²) < 4.78 is 13.0. The number of carbonyl (C=O) groups is 1. The molecule has 1 fully saturated rings. The molecule has 4 heterocycles. The number of fused-ring (bicyclic) bond motifs is 3. The number of pyridine rings is 1. The number of halogens is 2. The van der Waals surface area contributed by atoms with Crippen molar-refractivity contribution in [2.45, 2.75) is 18.8 Å². The van der Waals surface area contributed by atoms with Gasteiger partial charge in [-0.15, -0.1) is 0 Å². The Bertz CT molecular complexity index is 1600. The lowest BCUT2D eigenvalue weighted by Crippen LogP contribution is -2.37. The number of likely N-dealkylation sites (tertiary alicyclic amines) is 1. The quantitative estimate of drug-likeness (QED) is 0.279. The van der Waals surface area contributed by atoms with E-state index < -0.39 is 0 Å². The number of ether oxygens (including phenoxy) is 2. The minimum absolute atomic E-state index is 0.0427. The van der Waals surface area contributed by atoms with E-state index in [1.54, 1.807) is 39.6 Å². The van der Waals surface area contributed by atoms with Crippen molar-refractivity contribution in [3.63, 3.8) is 0 Å². The summed E-state index contributed by atoms with van der Waals surface area (Å²) >= 11 is 13.7. The van der Waals surface area contributed by atoms with E-state index in [0.717, 1.165) is 30.5 Å². The smallest absolute Gasteiger partial charge is 0.246 e. The summed E-state index contributed by atoms with van der Waals surface area (Å²) in [4.78, 5) is 30.8. The molecular formula is C29H33Cl2N7O3. The van der Waals surface area contributed by atoms with Gasteiger partial charge in [0.05, 0.1) is 30.0 Å². The third kappa shape index (κ3) is 5.64. The highest BCUT2D eigenvalue weighted by molar-refractivity contribution is 6.41. The largest absolute Gasteiger partial charge is 0.495 e. The average Bonchev–Trinajstić information content (AvgIpc) is 3.43. The zero-order valence-corrected chi connectivity index (χ0v) is 25.3. The molecular weight excluding hydrogens is 565 g/mol. The van der Waals surface area contributed by atoms with Crippen LogP contribution in [0.4, 0.5) is 5.95 Å². The average molecular weight is 599 g/mol. The Labute approximate surface area is 248 Å². The summed E-state index contributed by atoms with van der Waals surface area (Å²) in [5, 5.41) is 4.50. The highest BCUT2D eigenvalue weighted by Crippen LogP contribution is 2.47. The Morgan fingerprint density at radius 3 is 2.39 bits per heavy atom. The number of likely N-dealkylation sites (N-methyl/N-ethyl adjacent to an activating group) is 1. The molecule has 1 aliphatic rings. The van der Waals surface area contributed by atoms with Crippen molar-refractivity contribution in [2.24, 2.45) is 0 Å². The van der Waals surface area contributed by atoms with Gasteiger partial charge in [-0.2, -0.15) is 4.98 Å². The second-order valence-corrected chi connectivity index (χ2v) is 10.9. The van der Waals surface area contributed by atoms with Gasteiger partial charge in [-0.25, -0.2) is 9.97 Å². The van der Waals surface area contributed by atoms with Crippen molar-refractivity contribution in [1.29, 1.82) is 0 Å². The maximum Gasteiger partial charge on any atom is 0.246 e. The van der Waals surface area contributed by atoms with E-state index in [4.69, 9.17) is 42.6 Å². The lowest BCUT2D eigenvalue weighted by atomic mass is 9.94. The molecule has 0 unspecified atom stereocenters. The Morgan fingerprint density at radius 1 is 1.10 bits per heavy atom. The predicted molar refractivity (Wildman–Crippen MR) is 163 cm³/mol. The molecule has 1 aromatic carbocycles.